The summed E-state index contributed by atoms with van der Waals surface area (Å²) in [5.41, 5.74) is 12.8. The maximum atomic E-state index is 2.47. The van der Waals surface area contributed by atoms with Crippen molar-refractivity contribution in [2.24, 2.45) is 0 Å². The lowest BCUT2D eigenvalue weighted by molar-refractivity contribution is 0.827. The molecule has 0 bridgehead atoms. The molecule has 0 radical (unpaired) electrons. The van der Waals surface area contributed by atoms with Crippen LogP contribution in [0.25, 0.3) is 88.2 Å². The van der Waals surface area contributed by atoms with Crippen molar-refractivity contribution in [1.82, 2.24) is 4.57 Å². The Morgan fingerprint density at radius 2 is 1.05 bits per heavy atom. The Morgan fingerprint density at radius 3 is 1.85 bits per heavy atom. The molecule has 0 saturated carbocycles. The first-order chi connectivity index (χ1) is 29.2. The topological polar surface area (TPSA) is 4.93 Å². The minimum Gasteiger partial charge on any atom is -0.341 e. The van der Waals surface area contributed by atoms with Crippen LogP contribution in [0.15, 0.2) is 194 Å². The third-order valence-corrected chi connectivity index (χ3v) is 12.4. The van der Waals surface area contributed by atoms with Gasteiger partial charge in [-0.2, -0.15) is 0 Å². The number of aryl methyl sites for hydroxylation is 1. The zero-order valence-electron chi connectivity index (χ0n) is 33.2. The lowest BCUT2D eigenvalue weighted by Crippen LogP contribution is -1.95. The number of fused-ring (bicyclic) bond motifs is 4. The van der Waals surface area contributed by atoms with E-state index in [1.807, 2.05) is 0 Å². The highest BCUT2D eigenvalue weighted by molar-refractivity contribution is 6.24. The minimum atomic E-state index is 0. The maximum absolute atomic E-state index is 2.47. The summed E-state index contributed by atoms with van der Waals surface area (Å²) in [6.07, 6.45) is 6.48. The predicted molar refractivity (Wildman–Crippen MR) is 262 cm³/mol. The Labute approximate surface area is 352 Å². The summed E-state index contributed by atoms with van der Waals surface area (Å²) in [7, 11) is 0. The van der Waals surface area contributed by atoms with E-state index in [2.05, 4.69) is 218 Å². The molecular weight excluding hydrogens is 723 g/mol. The summed E-state index contributed by atoms with van der Waals surface area (Å²) < 4.78 is 2.47. The number of rotatable bonds is 9. The second kappa shape index (κ2) is 15.5. The first-order valence-electron chi connectivity index (χ1n) is 20.9. The Balaban J connectivity index is 0.00000433. The molecule has 288 valence electrons. The number of hydrogen-bond donors (Lipinski definition) is 0. The van der Waals surface area contributed by atoms with Crippen LogP contribution in [0.3, 0.4) is 0 Å². The van der Waals surface area contributed by atoms with E-state index in [-0.39, 0.29) is 7.43 Å². The summed E-state index contributed by atoms with van der Waals surface area (Å²) in [5, 5.41) is 13.1. The second-order valence-corrected chi connectivity index (χ2v) is 15.9. The second-order valence-electron chi connectivity index (χ2n) is 15.9. The van der Waals surface area contributed by atoms with Crippen LogP contribution >= 0.6 is 0 Å². The molecule has 11 rings (SSSR count). The number of allylic oxidation sites excluding steroid dienone is 2. The van der Waals surface area contributed by atoms with Crippen LogP contribution < -0.4 is 0 Å². The summed E-state index contributed by atoms with van der Waals surface area (Å²) >= 11 is 0. The molecule has 0 aliphatic carbocycles. The monoisotopic (exact) mass is 769 g/mol. The van der Waals surface area contributed by atoms with E-state index >= 15 is 0 Å². The van der Waals surface area contributed by atoms with Gasteiger partial charge in [0.1, 0.15) is 0 Å². The highest BCUT2D eigenvalue weighted by Crippen LogP contribution is 2.39. The fourth-order valence-electron chi connectivity index (χ4n) is 9.62. The molecule has 0 fully saturated rings. The van der Waals surface area contributed by atoms with Crippen molar-refractivity contribution in [3.63, 3.8) is 0 Å². The van der Waals surface area contributed by atoms with E-state index in [0.717, 1.165) is 19.4 Å². The lowest BCUT2D eigenvalue weighted by atomic mass is 9.90. The van der Waals surface area contributed by atoms with Crippen molar-refractivity contribution < 1.29 is 0 Å². The number of aromatic nitrogens is 1. The van der Waals surface area contributed by atoms with E-state index < -0.39 is 0 Å². The first-order valence-corrected chi connectivity index (χ1v) is 20.9. The molecule has 0 aliphatic heterocycles. The third-order valence-electron chi connectivity index (χ3n) is 12.4. The van der Waals surface area contributed by atoms with E-state index in [9.17, 15) is 0 Å². The molecule has 0 spiro atoms. The zero-order chi connectivity index (χ0) is 39.3. The molecule has 1 aromatic heterocycles. The average molecular weight is 770 g/mol. The predicted octanol–water partition coefficient (Wildman–Crippen LogP) is 16.1. The molecule has 1 heteroatoms. The van der Waals surface area contributed by atoms with Crippen LogP contribution in [-0.2, 0) is 19.4 Å². The molecule has 10 aromatic carbocycles. The highest BCUT2D eigenvalue weighted by Gasteiger charge is 2.16. The number of nitrogens with zero attached hydrogens (tertiary/aromatic N) is 1. The van der Waals surface area contributed by atoms with Crippen LogP contribution in [0, 0.1) is 0 Å². The van der Waals surface area contributed by atoms with Crippen LogP contribution in [-0.4, -0.2) is 4.57 Å². The van der Waals surface area contributed by atoms with Gasteiger partial charge in [0, 0.05) is 28.4 Å². The normalized spacial score (nSPS) is 12.3. The summed E-state index contributed by atoms with van der Waals surface area (Å²) in [6.45, 7) is 3.17. The molecule has 0 aliphatic rings. The van der Waals surface area contributed by atoms with Crippen LogP contribution in [0.5, 0.6) is 0 Å². The van der Waals surface area contributed by atoms with Crippen molar-refractivity contribution in [2.75, 3.05) is 0 Å². The molecular formula is C59H47N. The molecule has 11 aromatic rings. The third kappa shape index (κ3) is 6.53. The fourth-order valence-corrected chi connectivity index (χ4v) is 9.62. The van der Waals surface area contributed by atoms with Crippen molar-refractivity contribution in [3.8, 4) is 0 Å². The van der Waals surface area contributed by atoms with Crippen molar-refractivity contribution >= 4 is 88.2 Å². The Bertz CT molecular complexity index is 3380. The van der Waals surface area contributed by atoms with Gasteiger partial charge in [0.15, 0.2) is 0 Å². The van der Waals surface area contributed by atoms with Gasteiger partial charge >= 0.3 is 0 Å². The first kappa shape index (κ1) is 37.1. The average Bonchev–Trinajstić information content (AvgIpc) is 3.61. The number of hydrogen-bond acceptors (Lipinski definition) is 0. The van der Waals surface area contributed by atoms with Gasteiger partial charge in [0.25, 0.3) is 0 Å². The maximum Gasteiger partial charge on any atom is 0.0491 e. The van der Waals surface area contributed by atoms with E-state index in [1.165, 1.54) is 109 Å². The smallest absolute Gasteiger partial charge is 0.0491 e. The molecule has 0 amide bonds. The van der Waals surface area contributed by atoms with E-state index in [0.29, 0.717) is 0 Å². The van der Waals surface area contributed by atoms with Gasteiger partial charge in [-0.3, -0.25) is 0 Å². The number of benzene rings is 10. The standard InChI is InChI=1S/C58H43N.CH4/c1-2-59-55-31-23-40(34-49(41-15-7-4-8-16-41)37-48-27-26-45-25-24-43-19-12-20-44-28-30-52(48)58(45)57(43)44)35-53(55)54-38-46(29-32-56(54)59)50(33-39-13-5-3-6-14-39)36-47-21-11-18-42-17-9-10-22-51(42)47;/h3-33,35,37-38H,2,34,36H2,1H3;1H4/b49-37-,50-33?;. The van der Waals surface area contributed by atoms with Gasteiger partial charge in [0.05, 0.1) is 0 Å². The van der Waals surface area contributed by atoms with Crippen molar-refractivity contribution in [2.45, 2.75) is 33.7 Å². The molecule has 0 saturated heterocycles. The van der Waals surface area contributed by atoms with Gasteiger partial charge < -0.3 is 4.57 Å². The SMILES string of the molecule is C.CCn1c2ccc(C/C(=C/c3ccc4ccc5cccc6ccc3c4c56)c3ccccc3)cc2c2cc(C(=Cc3ccccc3)Cc3cccc4ccccc34)ccc21. The summed E-state index contributed by atoms with van der Waals surface area (Å²) in [5.74, 6) is 0. The van der Waals surface area contributed by atoms with Crippen LogP contribution in [0.2, 0.25) is 0 Å². The molecule has 1 nitrogen and oxygen atoms in total. The van der Waals surface area contributed by atoms with Crippen LogP contribution in [0.1, 0.15) is 47.7 Å². The molecule has 0 unspecified atom stereocenters. The lowest BCUT2D eigenvalue weighted by Gasteiger charge is -2.14. The minimum absolute atomic E-state index is 0. The molecule has 1 heterocycles. The van der Waals surface area contributed by atoms with Gasteiger partial charge in [-0.1, -0.05) is 189 Å². The van der Waals surface area contributed by atoms with Crippen LogP contribution in [0.4, 0.5) is 0 Å². The molecule has 0 N–H and O–H groups in total. The molecule has 60 heavy (non-hydrogen) atoms. The zero-order valence-corrected chi connectivity index (χ0v) is 33.2. The Morgan fingerprint density at radius 1 is 0.433 bits per heavy atom. The van der Waals surface area contributed by atoms with Gasteiger partial charge in [-0.15, -0.1) is 0 Å². The van der Waals surface area contributed by atoms with Gasteiger partial charge in [-0.05, 0) is 132 Å². The summed E-state index contributed by atoms with van der Waals surface area (Å²) in [6, 6.07) is 71.8. The van der Waals surface area contributed by atoms with Crippen molar-refractivity contribution in [3.05, 3.63) is 228 Å². The summed E-state index contributed by atoms with van der Waals surface area (Å²) in [4.78, 5) is 0. The largest absolute Gasteiger partial charge is 0.341 e. The Kier molecular flexibility index (Phi) is 9.58. The Hall–Kier alpha value is -7.22. The fraction of sp³-hybridized carbons (Fsp3) is 0.0847. The van der Waals surface area contributed by atoms with Gasteiger partial charge in [-0.25, -0.2) is 0 Å². The highest BCUT2D eigenvalue weighted by atomic mass is 15.0. The van der Waals surface area contributed by atoms with Crippen molar-refractivity contribution in [1.29, 1.82) is 0 Å². The molecule has 0 atom stereocenters. The van der Waals surface area contributed by atoms with E-state index in [4.69, 9.17) is 0 Å². The van der Waals surface area contributed by atoms with Gasteiger partial charge in [0.2, 0.25) is 0 Å². The van der Waals surface area contributed by atoms with E-state index in [1.54, 1.807) is 0 Å². The quantitative estimate of drug-likeness (QED) is 0.102.